The van der Waals surface area contributed by atoms with Gasteiger partial charge in [0.15, 0.2) is 0 Å². The van der Waals surface area contributed by atoms with Gasteiger partial charge < -0.3 is 4.74 Å². The summed E-state index contributed by atoms with van der Waals surface area (Å²) in [5.74, 6) is -1.40. The maximum Gasteiger partial charge on any atom is 0.131 e. The molecule has 2 rings (SSSR count). The van der Waals surface area contributed by atoms with Crippen molar-refractivity contribution in [3.05, 3.63) is 93.6 Å². The zero-order valence-corrected chi connectivity index (χ0v) is 20.5. The first-order valence-electron chi connectivity index (χ1n) is 11.2. The number of nitrogens with zero attached hydrogens (tertiary/aromatic N) is 1. The second-order valence-electron chi connectivity index (χ2n) is 8.99. The van der Waals surface area contributed by atoms with E-state index < -0.39 is 17.7 Å². The van der Waals surface area contributed by atoms with E-state index in [0.29, 0.717) is 6.54 Å². The van der Waals surface area contributed by atoms with E-state index in [1.54, 1.807) is 0 Å². The molecule has 0 aliphatic carbocycles. The van der Waals surface area contributed by atoms with Crippen LogP contribution in [0, 0.1) is 25.5 Å². The molecule has 0 bridgehead atoms. The zero-order chi connectivity index (χ0) is 23.8. The van der Waals surface area contributed by atoms with Crippen molar-refractivity contribution in [2.24, 2.45) is 0 Å². The lowest BCUT2D eigenvalue weighted by atomic mass is 9.83. The van der Waals surface area contributed by atoms with E-state index in [1.165, 1.54) is 36.5 Å². The highest BCUT2D eigenvalue weighted by Gasteiger charge is 2.32. The quantitative estimate of drug-likeness (QED) is 0.359. The Morgan fingerprint density at radius 2 is 1.31 bits per heavy atom. The summed E-state index contributed by atoms with van der Waals surface area (Å²) in [5.41, 5.74) is 5.74. The smallest absolute Gasteiger partial charge is 0.131 e. The highest BCUT2D eigenvalue weighted by molar-refractivity contribution is 5.39. The van der Waals surface area contributed by atoms with Crippen LogP contribution in [0.15, 0.2) is 59.7 Å². The number of halogens is 2. The van der Waals surface area contributed by atoms with Crippen LogP contribution in [-0.2, 0) is 4.74 Å². The van der Waals surface area contributed by atoms with Gasteiger partial charge in [0.25, 0.3) is 0 Å². The average Bonchev–Trinajstić information content (AvgIpc) is 2.71. The van der Waals surface area contributed by atoms with Gasteiger partial charge in [-0.3, -0.25) is 4.90 Å². The number of methoxy groups -OCH3 is 1. The van der Waals surface area contributed by atoms with Crippen LogP contribution in [0.2, 0.25) is 0 Å². The summed E-state index contributed by atoms with van der Waals surface area (Å²) >= 11 is 0. The normalized spacial score (nSPS) is 13.1. The summed E-state index contributed by atoms with van der Waals surface area (Å²) in [6, 6.07) is 10.1. The number of allylic oxidation sites excluding steroid dienone is 2. The predicted molar refractivity (Wildman–Crippen MR) is 130 cm³/mol. The molecule has 2 unspecified atom stereocenters. The van der Waals surface area contributed by atoms with Gasteiger partial charge in [-0.25, -0.2) is 8.78 Å². The Labute approximate surface area is 192 Å². The fraction of sp³-hybridized carbons (Fsp3) is 0.429. The standard InChI is InChI=1S/C28H37F2NO/c1-19(2)14-16-31(17-15-20(3)4)18-23(26-21(5)10-8-11-22(26)6)28(32-7)27-24(29)12-9-13-25(27)30/h8-15,23,28H,16-18H2,1-7H3. The molecule has 0 aliphatic rings. The molecule has 0 saturated heterocycles. The lowest BCUT2D eigenvalue weighted by Gasteiger charge is -2.34. The van der Waals surface area contributed by atoms with Crippen LogP contribution in [0.4, 0.5) is 8.78 Å². The van der Waals surface area contributed by atoms with Gasteiger partial charge in [-0.2, -0.15) is 0 Å². The Hall–Kier alpha value is -2.30. The molecule has 2 atom stereocenters. The Morgan fingerprint density at radius 1 is 0.844 bits per heavy atom. The number of ether oxygens (including phenoxy) is 1. The predicted octanol–water partition coefficient (Wildman–Crippen LogP) is 7.29. The van der Waals surface area contributed by atoms with Crippen LogP contribution in [0.1, 0.15) is 62.0 Å². The Bertz CT molecular complexity index is 895. The van der Waals surface area contributed by atoms with E-state index in [-0.39, 0.29) is 11.5 Å². The van der Waals surface area contributed by atoms with E-state index in [0.717, 1.165) is 29.8 Å². The SMILES string of the molecule is COC(c1c(F)cccc1F)C(CN(CC=C(C)C)CC=C(C)C)c1c(C)cccc1C. The topological polar surface area (TPSA) is 12.5 Å². The van der Waals surface area contributed by atoms with Gasteiger partial charge in [0.2, 0.25) is 0 Å². The monoisotopic (exact) mass is 441 g/mol. The zero-order valence-electron chi connectivity index (χ0n) is 20.5. The molecule has 174 valence electrons. The molecule has 0 fully saturated rings. The minimum absolute atomic E-state index is 0.00738. The third-order valence-corrected chi connectivity index (χ3v) is 5.79. The fourth-order valence-electron chi connectivity index (χ4n) is 4.14. The van der Waals surface area contributed by atoms with Crippen LogP contribution in [0.25, 0.3) is 0 Å². The summed E-state index contributed by atoms with van der Waals surface area (Å²) in [5, 5.41) is 0. The molecule has 2 nitrogen and oxygen atoms in total. The van der Waals surface area contributed by atoms with E-state index >= 15 is 0 Å². The van der Waals surface area contributed by atoms with Crippen molar-refractivity contribution in [2.45, 2.75) is 53.6 Å². The molecule has 0 spiro atoms. The van der Waals surface area contributed by atoms with Crippen molar-refractivity contribution in [3.8, 4) is 0 Å². The molecule has 4 heteroatoms. The van der Waals surface area contributed by atoms with Gasteiger partial charge in [-0.15, -0.1) is 0 Å². The molecule has 0 N–H and O–H groups in total. The second-order valence-corrected chi connectivity index (χ2v) is 8.99. The maximum atomic E-state index is 14.9. The van der Waals surface area contributed by atoms with Crippen molar-refractivity contribution >= 4 is 0 Å². The molecule has 0 radical (unpaired) electrons. The number of rotatable bonds is 10. The Balaban J connectivity index is 2.61. The molecule has 2 aromatic carbocycles. The third-order valence-electron chi connectivity index (χ3n) is 5.79. The van der Waals surface area contributed by atoms with E-state index in [4.69, 9.17) is 4.74 Å². The number of aryl methyl sites for hydroxylation is 2. The van der Waals surface area contributed by atoms with Crippen LogP contribution >= 0.6 is 0 Å². The molecular formula is C28H37F2NO. The molecular weight excluding hydrogens is 404 g/mol. The highest BCUT2D eigenvalue weighted by Crippen LogP contribution is 2.39. The maximum absolute atomic E-state index is 14.9. The summed E-state index contributed by atoms with van der Waals surface area (Å²) < 4.78 is 35.6. The molecule has 0 saturated carbocycles. The Morgan fingerprint density at radius 3 is 1.75 bits per heavy atom. The third kappa shape index (κ3) is 6.85. The first-order valence-corrected chi connectivity index (χ1v) is 11.2. The molecule has 0 amide bonds. The molecule has 2 aromatic rings. The highest BCUT2D eigenvalue weighted by atomic mass is 19.1. The van der Waals surface area contributed by atoms with Crippen LogP contribution in [-0.4, -0.2) is 31.6 Å². The van der Waals surface area contributed by atoms with Gasteiger partial charge in [0.05, 0.1) is 11.7 Å². The van der Waals surface area contributed by atoms with Crippen molar-refractivity contribution in [2.75, 3.05) is 26.7 Å². The molecule has 32 heavy (non-hydrogen) atoms. The van der Waals surface area contributed by atoms with E-state index in [2.05, 4.69) is 70.7 Å². The minimum Gasteiger partial charge on any atom is -0.376 e. The number of benzene rings is 2. The van der Waals surface area contributed by atoms with Crippen LogP contribution in [0.3, 0.4) is 0 Å². The van der Waals surface area contributed by atoms with Crippen molar-refractivity contribution < 1.29 is 13.5 Å². The Kier molecular flexibility index (Phi) is 9.80. The number of hydrogen-bond acceptors (Lipinski definition) is 2. The van der Waals surface area contributed by atoms with Gasteiger partial charge in [-0.05, 0) is 70.4 Å². The van der Waals surface area contributed by atoms with Gasteiger partial charge in [0.1, 0.15) is 11.6 Å². The molecule has 0 aliphatic heterocycles. The van der Waals surface area contributed by atoms with Crippen LogP contribution < -0.4 is 0 Å². The summed E-state index contributed by atoms with van der Waals surface area (Å²) in [6.07, 6.45) is 3.62. The first-order chi connectivity index (χ1) is 15.1. The second kappa shape index (κ2) is 12.1. The largest absolute Gasteiger partial charge is 0.376 e. The summed E-state index contributed by atoms with van der Waals surface area (Å²) in [4.78, 5) is 2.31. The van der Waals surface area contributed by atoms with Crippen molar-refractivity contribution in [3.63, 3.8) is 0 Å². The molecule has 0 heterocycles. The minimum atomic E-state index is -0.753. The van der Waals surface area contributed by atoms with Gasteiger partial charge in [0, 0.05) is 32.7 Å². The summed E-state index contributed by atoms with van der Waals surface area (Å²) in [6.45, 7) is 14.5. The average molecular weight is 442 g/mol. The first kappa shape index (κ1) is 26.0. The van der Waals surface area contributed by atoms with Crippen molar-refractivity contribution in [1.82, 2.24) is 4.90 Å². The van der Waals surface area contributed by atoms with E-state index in [1.807, 2.05) is 6.07 Å². The number of hydrogen-bond donors (Lipinski definition) is 0. The van der Waals surface area contributed by atoms with Gasteiger partial charge >= 0.3 is 0 Å². The molecule has 0 aromatic heterocycles. The van der Waals surface area contributed by atoms with E-state index in [9.17, 15) is 8.78 Å². The lowest BCUT2D eigenvalue weighted by molar-refractivity contribution is 0.0603. The summed E-state index contributed by atoms with van der Waals surface area (Å²) in [7, 11) is 1.54. The lowest BCUT2D eigenvalue weighted by Crippen LogP contribution is -2.33. The van der Waals surface area contributed by atoms with Gasteiger partial charge in [-0.1, -0.05) is 47.6 Å². The van der Waals surface area contributed by atoms with Crippen LogP contribution in [0.5, 0.6) is 0 Å². The fourth-order valence-corrected chi connectivity index (χ4v) is 4.14. The van der Waals surface area contributed by atoms with Crippen molar-refractivity contribution in [1.29, 1.82) is 0 Å².